The van der Waals surface area contributed by atoms with Gasteiger partial charge in [-0.15, -0.1) is 0 Å². The molecule has 0 fully saturated rings. The SMILES string of the molecule is Cc1noc(-c2cn(Cc3ccc(N)cc3)cn2)n1. The molecule has 3 aromatic rings. The molecule has 2 heterocycles. The van der Waals surface area contributed by atoms with Gasteiger partial charge in [-0.1, -0.05) is 17.3 Å². The molecule has 0 aliphatic rings. The molecule has 0 radical (unpaired) electrons. The monoisotopic (exact) mass is 255 g/mol. The second-order valence-electron chi connectivity index (χ2n) is 4.32. The Kier molecular flexibility index (Phi) is 2.75. The highest BCUT2D eigenvalue weighted by Crippen LogP contribution is 2.15. The van der Waals surface area contributed by atoms with Crippen LogP contribution in [0.2, 0.25) is 0 Å². The summed E-state index contributed by atoms with van der Waals surface area (Å²) in [7, 11) is 0. The highest BCUT2D eigenvalue weighted by atomic mass is 16.5. The number of aromatic nitrogens is 4. The van der Waals surface area contributed by atoms with Crippen molar-refractivity contribution in [2.45, 2.75) is 13.5 Å². The molecular formula is C13H13N5O. The Morgan fingerprint density at radius 1 is 1.26 bits per heavy atom. The highest BCUT2D eigenvalue weighted by Gasteiger charge is 2.09. The Morgan fingerprint density at radius 2 is 2.05 bits per heavy atom. The van der Waals surface area contributed by atoms with Crippen molar-refractivity contribution in [2.75, 3.05) is 5.73 Å². The fourth-order valence-corrected chi connectivity index (χ4v) is 1.79. The zero-order chi connectivity index (χ0) is 13.2. The molecule has 3 rings (SSSR count). The average molecular weight is 255 g/mol. The Bertz CT molecular complexity index is 683. The van der Waals surface area contributed by atoms with Crippen molar-refractivity contribution in [2.24, 2.45) is 0 Å². The molecule has 0 aliphatic heterocycles. The molecule has 0 amide bonds. The average Bonchev–Trinajstić information content (AvgIpc) is 3.01. The first-order valence-corrected chi connectivity index (χ1v) is 5.87. The number of imidazole rings is 1. The number of hydrogen-bond acceptors (Lipinski definition) is 5. The predicted molar refractivity (Wildman–Crippen MR) is 70.2 cm³/mol. The molecule has 19 heavy (non-hydrogen) atoms. The molecule has 96 valence electrons. The minimum atomic E-state index is 0.438. The number of hydrogen-bond donors (Lipinski definition) is 1. The first kappa shape index (κ1) is 11.5. The van der Waals surface area contributed by atoms with E-state index in [0.29, 0.717) is 17.4 Å². The molecule has 0 spiro atoms. The number of rotatable bonds is 3. The Morgan fingerprint density at radius 3 is 2.74 bits per heavy atom. The molecule has 0 saturated carbocycles. The van der Waals surface area contributed by atoms with Crippen LogP contribution in [0.5, 0.6) is 0 Å². The zero-order valence-corrected chi connectivity index (χ0v) is 10.4. The summed E-state index contributed by atoms with van der Waals surface area (Å²) < 4.78 is 7.03. The molecule has 6 heteroatoms. The van der Waals surface area contributed by atoms with Gasteiger partial charge in [0.15, 0.2) is 5.82 Å². The van der Waals surface area contributed by atoms with Gasteiger partial charge in [0.05, 0.1) is 6.33 Å². The first-order valence-electron chi connectivity index (χ1n) is 5.87. The largest absolute Gasteiger partial charge is 0.399 e. The van der Waals surface area contributed by atoms with Gasteiger partial charge in [-0.25, -0.2) is 4.98 Å². The molecule has 2 N–H and O–H groups in total. The topological polar surface area (TPSA) is 82.8 Å². The predicted octanol–water partition coefficient (Wildman–Crippen LogP) is 1.87. The van der Waals surface area contributed by atoms with Gasteiger partial charge in [0.25, 0.3) is 5.89 Å². The van der Waals surface area contributed by atoms with Crippen LogP contribution in [-0.4, -0.2) is 19.7 Å². The van der Waals surface area contributed by atoms with Gasteiger partial charge in [-0.2, -0.15) is 4.98 Å². The lowest BCUT2D eigenvalue weighted by Crippen LogP contribution is -1.96. The summed E-state index contributed by atoms with van der Waals surface area (Å²) in [5.41, 5.74) is 8.25. The van der Waals surface area contributed by atoms with E-state index in [2.05, 4.69) is 15.1 Å². The summed E-state index contributed by atoms with van der Waals surface area (Å²) in [6, 6.07) is 7.75. The highest BCUT2D eigenvalue weighted by molar-refractivity contribution is 5.44. The number of nitrogens with two attached hydrogens (primary N) is 1. The van der Waals surface area contributed by atoms with Crippen molar-refractivity contribution in [1.29, 1.82) is 0 Å². The van der Waals surface area contributed by atoms with E-state index in [4.69, 9.17) is 10.3 Å². The lowest BCUT2D eigenvalue weighted by atomic mass is 10.2. The molecule has 0 aliphatic carbocycles. The second kappa shape index (κ2) is 4.56. The zero-order valence-electron chi connectivity index (χ0n) is 10.4. The molecule has 0 saturated heterocycles. The van der Waals surface area contributed by atoms with Crippen LogP contribution in [0.1, 0.15) is 11.4 Å². The van der Waals surface area contributed by atoms with Gasteiger partial charge in [0, 0.05) is 18.4 Å². The van der Waals surface area contributed by atoms with Gasteiger partial charge >= 0.3 is 0 Å². The molecule has 6 nitrogen and oxygen atoms in total. The first-order chi connectivity index (χ1) is 9.20. The van der Waals surface area contributed by atoms with Gasteiger partial charge in [0.2, 0.25) is 0 Å². The van der Waals surface area contributed by atoms with Crippen LogP contribution < -0.4 is 5.73 Å². The van der Waals surface area contributed by atoms with Crippen molar-refractivity contribution < 1.29 is 4.52 Å². The van der Waals surface area contributed by atoms with Crippen LogP contribution in [0, 0.1) is 6.92 Å². The third-order valence-electron chi connectivity index (χ3n) is 2.72. The molecule has 0 unspecified atom stereocenters. The van der Waals surface area contributed by atoms with Gasteiger partial charge < -0.3 is 14.8 Å². The molecule has 0 bridgehead atoms. The summed E-state index contributed by atoms with van der Waals surface area (Å²) >= 11 is 0. The van der Waals surface area contributed by atoms with E-state index in [1.54, 1.807) is 13.3 Å². The van der Waals surface area contributed by atoms with E-state index >= 15 is 0 Å². The van der Waals surface area contributed by atoms with Crippen molar-refractivity contribution in [3.05, 3.63) is 48.2 Å². The summed E-state index contributed by atoms with van der Waals surface area (Å²) in [6.07, 6.45) is 3.62. The fourth-order valence-electron chi connectivity index (χ4n) is 1.79. The van der Waals surface area contributed by atoms with Crippen molar-refractivity contribution in [3.8, 4) is 11.6 Å². The number of nitrogen functional groups attached to an aromatic ring is 1. The van der Waals surface area contributed by atoms with Gasteiger partial charge in [0.1, 0.15) is 5.69 Å². The van der Waals surface area contributed by atoms with Gasteiger partial charge in [-0.05, 0) is 24.6 Å². The van der Waals surface area contributed by atoms with Crippen LogP contribution in [0.15, 0.2) is 41.3 Å². The van der Waals surface area contributed by atoms with Crippen LogP contribution in [0.4, 0.5) is 5.69 Å². The van der Waals surface area contributed by atoms with Crippen molar-refractivity contribution >= 4 is 5.69 Å². The van der Waals surface area contributed by atoms with Gasteiger partial charge in [-0.3, -0.25) is 0 Å². The maximum Gasteiger partial charge on any atom is 0.278 e. The maximum atomic E-state index is 5.66. The van der Waals surface area contributed by atoms with Crippen LogP contribution >= 0.6 is 0 Å². The smallest absolute Gasteiger partial charge is 0.278 e. The molecular weight excluding hydrogens is 242 g/mol. The van der Waals surface area contributed by atoms with Crippen molar-refractivity contribution in [1.82, 2.24) is 19.7 Å². The Labute approximate surface area is 109 Å². The van der Waals surface area contributed by atoms with E-state index in [1.165, 1.54) is 0 Å². The number of aryl methyl sites for hydroxylation is 1. The third kappa shape index (κ3) is 2.47. The summed E-state index contributed by atoms with van der Waals surface area (Å²) in [5.74, 6) is 1.04. The standard InChI is InChI=1S/C13H13N5O/c1-9-16-13(19-17-9)12-7-18(8-15-12)6-10-2-4-11(14)5-3-10/h2-5,7-8H,6,14H2,1H3. The molecule has 2 aromatic heterocycles. The third-order valence-corrected chi connectivity index (χ3v) is 2.72. The van der Waals surface area contributed by atoms with Crippen LogP contribution in [0.3, 0.4) is 0 Å². The summed E-state index contributed by atoms with van der Waals surface area (Å²) in [5, 5.41) is 3.75. The number of benzene rings is 1. The summed E-state index contributed by atoms with van der Waals surface area (Å²) in [6.45, 7) is 2.50. The van der Waals surface area contributed by atoms with Crippen LogP contribution in [-0.2, 0) is 6.54 Å². The Balaban J connectivity index is 1.80. The van der Waals surface area contributed by atoms with E-state index in [9.17, 15) is 0 Å². The van der Waals surface area contributed by atoms with E-state index in [-0.39, 0.29) is 0 Å². The lowest BCUT2D eigenvalue weighted by molar-refractivity contribution is 0.424. The number of nitrogens with zero attached hydrogens (tertiary/aromatic N) is 4. The molecule has 0 atom stereocenters. The van der Waals surface area contributed by atoms with E-state index < -0.39 is 0 Å². The Hall–Kier alpha value is -2.63. The van der Waals surface area contributed by atoms with Crippen molar-refractivity contribution in [3.63, 3.8) is 0 Å². The molecule has 1 aromatic carbocycles. The fraction of sp³-hybridized carbons (Fsp3) is 0.154. The lowest BCUT2D eigenvalue weighted by Gasteiger charge is -2.02. The number of anilines is 1. The van der Waals surface area contributed by atoms with E-state index in [1.807, 2.05) is 35.0 Å². The normalized spacial score (nSPS) is 10.8. The maximum absolute atomic E-state index is 5.66. The minimum Gasteiger partial charge on any atom is -0.399 e. The second-order valence-corrected chi connectivity index (χ2v) is 4.32. The quantitative estimate of drug-likeness (QED) is 0.722. The van der Waals surface area contributed by atoms with E-state index in [0.717, 1.165) is 17.8 Å². The summed E-state index contributed by atoms with van der Waals surface area (Å²) in [4.78, 5) is 8.40. The minimum absolute atomic E-state index is 0.438. The van der Waals surface area contributed by atoms with Crippen LogP contribution in [0.25, 0.3) is 11.6 Å².